The molecule has 1 spiro atoms. The van der Waals surface area contributed by atoms with Crippen LogP contribution in [0.15, 0.2) is 25.3 Å². The van der Waals surface area contributed by atoms with Gasteiger partial charge in [0, 0.05) is 31.5 Å². The predicted octanol–water partition coefficient (Wildman–Crippen LogP) is 3.03. The van der Waals surface area contributed by atoms with Crippen LogP contribution < -0.4 is 0 Å². The van der Waals surface area contributed by atoms with Crippen molar-refractivity contribution in [2.75, 3.05) is 32.8 Å². The number of hydrogen-bond acceptors (Lipinski definition) is 6. The lowest BCUT2D eigenvalue weighted by Gasteiger charge is -2.40. The van der Waals surface area contributed by atoms with E-state index in [9.17, 15) is 14.4 Å². The molecule has 3 aliphatic rings. The average Bonchev–Trinajstić information content (AvgIpc) is 3.41. The lowest BCUT2D eigenvalue weighted by molar-refractivity contribution is -0.153. The lowest BCUT2D eigenvalue weighted by atomic mass is 9.66. The highest BCUT2D eigenvalue weighted by molar-refractivity contribution is 8.02. The van der Waals surface area contributed by atoms with Crippen LogP contribution in [0.25, 0.3) is 0 Å². The van der Waals surface area contributed by atoms with Crippen molar-refractivity contribution in [1.29, 1.82) is 0 Å². The van der Waals surface area contributed by atoms with E-state index in [1.807, 2.05) is 4.90 Å². The zero-order chi connectivity index (χ0) is 24.9. The summed E-state index contributed by atoms with van der Waals surface area (Å²) in [5.74, 6) is -1.44. The van der Waals surface area contributed by atoms with E-state index in [2.05, 4.69) is 27.0 Å². The van der Waals surface area contributed by atoms with Crippen LogP contribution in [0, 0.1) is 17.8 Å². The van der Waals surface area contributed by atoms with Crippen LogP contribution in [0.1, 0.15) is 52.4 Å². The SMILES string of the molecule is C=CCOC(=O)[C@@H]1[C@@H]2CC(C)C3(S2)C(C(=O)N(CC=C)CCCC)N(CCCCCO)C(=O)[C@H]13. The van der Waals surface area contributed by atoms with Gasteiger partial charge in [-0.3, -0.25) is 14.4 Å². The van der Waals surface area contributed by atoms with Gasteiger partial charge in [-0.2, -0.15) is 0 Å². The topological polar surface area (TPSA) is 87.2 Å². The molecule has 1 N–H and O–H groups in total. The summed E-state index contributed by atoms with van der Waals surface area (Å²) in [4.78, 5) is 44.7. The number of esters is 1. The molecule has 0 saturated carbocycles. The average molecular weight is 493 g/mol. The zero-order valence-corrected chi connectivity index (χ0v) is 21.4. The van der Waals surface area contributed by atoms with Crippen molar-refractivity contribution in [2.45, 2.75) is 68.4 Å². The summed E-state index contributed by atoms with van der Waals surface area (Å²) in [6.45, 7) is 13.4. The first-order chi connectivity index (χ1) is 16.4. The van der Waals surface area contributed by atoms with Gasteiger partial charge in [0.1, 0.15) is 12.6 Å². The number of amides is 2. The van der Waals surface area contributed by atoms with E-state index >= 15 is 0 Å². The van der Waals surface area contributed by atoms with Crippen LogP contribution >= 0.6 is 11.8 Å². The molecular weight excluding hydrogens is 452 g/mol. The van der Waals surface area contributed by atoms with Gasteiger partial charge >= 0.3 is 5.97 Å². The number of aliphatic hydroxyl groups is 1. The lowest BCUT2D eigenvalue weighted by Crippen LogP contribution is -2.57. The van der Waals surface area contributed by atoms with Crippen molar-refractivity contribution in [1.82, 2.24) is 9.80 Å². The van der Waals surface area contributed by atoms with Gasteiger partial charge in [-0.05, 0) is 38.0 Å². The largest absolute Gasteiger partial charge is 0.461 e. The number of aliphatic hydroxyl groups excluding tert-OH is 1. The second-order valence-electron chi connectivity index (χ2n) is 9.71. The van der Waals surface area contributed by atoms with E-state index < -0.39 is 22.6 Å². The Bertz CT molecular complexity index is 789. The molecule has 34 heavy (non-hydrogen) atoms. The Hall–Kier alpha value is -1.80. The van der Waals surface area contributed by atoms with Crippen LogP contribution in [0.4, 0.5) is 0 Å². The fourth-order valence-corrected chi connectivity index (χ4v) is 8.49. The van der Waals surface area contributed by atoms with Crippen molar-refractivity contribution in [3.63, 3.8) is 0 Å². The molecule has 7 nitrogen and oxygen atoms in total. The molecule has 8 heteroatoms. The van der Waals surface area contributed by atoms with Crippen LogP contribution in [0.2, 0.25) is 0 Å². The number of carbonyl (C=O) groups excluding carboxylic acids is 3. The van der Waals surface area contributed by atoms with Crippen LogP contribution in [0.3, 0.4) is 0 Å². The first-order valence-corrected chi connectivity index (χ1v) is 13.5. The highest BCUT2D eigenvalue weighted by Crippen LogP contribution is 2.68. The number of carbonyl (C=O) groups is 3. The van der Waals surface area contributed by atoms with Gasteiger partial charge in [-0.15, -0.1) is 18.3 Å². The summed E-state index contributed by atoms with van der Waals surface area (Å²) in [7, 11) is 0. The maximum atomic E-state index is 14.1. The van der Waals surface area contributed by atoms with Gasteiger partial charge in [0.05, 0.1) is 16.6 Å². The Morgan fingerprint density at radius 1 is 1.26 bits per heavy atom. The van der Waals surface area contributed by atoms with Gasteiger partial charge in [0.15, 0.2) is 0 Å². The first kappa shape index (κ1) is 26.8. The third-order valence-electron chi connectivity index (χ3n) is 7.59. The smallest absolute Gasteiger partial charge is 0.311 e. The van der Waals surface area contributed by atoms with Crippen molar-refractivity contribution < 1.29 is 24.2 Å². The van der Waals surface area contributed by atoms with E-state index in [0.717, 1.165) is 25.7 Å². The fraction of sp³-hybridized carbons (Fsp3) is 0.731. The van der Waals surface area contributed by atoms with Crippen LogP contribution in [-0.2, 0) is 19.1 Å². The molecule has 0 radical (unpaired) electrons. The number of thioether (sulfide) groups is 1. The van der Waals surface area contributed by atoms with E-state index in [-0.39, 0.29) is 42.2 Å². The second-order valence-corrected chi connectivity index (χ2v) is 11.3. The summed E-state index contributed by atoms with van der Waals surface area (Å²) in [6.07, 6.45) is 8.07. The molecular formula is C26H40N2O5S. The Morgan fingerprint density at radius 3 is 2.68 bits per heavy atom. The molecule has 3 aliphatic heterocycles. The summed E-state index contributed by atoms with van der Waals surface area (Å²) in [6, 6.07) is -0.599. The fourth-order valence-electron chi connectivity index (χ4n) is 6.08. The molecule has 3 fully saturated rings. The number of unbranched alkanes of at least 4 members (excludes halogenated alkanes) is 3. The van der Waals surface area contributed by atoms with Gasteiger partial charge in [-0.25, -0.2) is 0 Å². The van der Waals surface area contributed by atoms with E-state index in [1.54, 1.807) is 22.7 Å². The van der Waals surface area contributed by atoms with Gasteiger partial charge in [0.25, 0.3) is 0 Å². The Kier molecular flexibility index (Phi) is 9.27. The van der Waals surface area contributed by atoms with Gasteiger partial charge in [-0.1, -0.05) is 39.0 Å². The molecule has 0 aromatic heterocycles. The maximum absolute atomic E-state index is 14.1. The molecule has 0 aliphatic carbocycles. The normalized spacial score (nSPS) is 31.4. The van der Waals surface area contributed by atoms with Crippen LogP contribution in [-0.4, -0.2) is 81.6 Å². The Labute approximate surface area is 208 Å². The molecule has 3 unspecified atom stereocenters. The number of likely N-dealkylation sites (tertiary alicyclic amines) is 1. The predicted molar refractivity (Wildman–Crippen MR) is 134 cm³/mol. The number of rotatable bonds is 14. The van der Waals surface area contributed by atoms with Gasteiger partial charge < -0.3 is 19.6 Å². The molecule has 0 aromatic carbocycles. The summed E-state index contributed by atoms with van der Waals surface area (Å²) in [5.41, 5.74) is 0. The van der Waals surface area contributed by atoms with Crippen molar-refractivity contribution >= 4 is 29.5 Å². The zero-order valence-electron chi connectivity index (χ0n) is 20.6. The molecule has 2 bridgehead atoms. The van der Waals surface area contributed by atoms with Crippen molar-refractivity contribution in [3.8, 4) is 0 Å². The highest BCUT2D eigenvalue weighted by Gasteiger charge is 2.76. The maximum Gasteiger partial charge on any atom is 0.311 e. The molecule has 2 amide bonds. The third-order valence-corrected chi connectivity index (χ3v) is 9.67. The number of ether oxygens (including phenoxy) is 1. The molecule has 190 valence electrons. The highest BCUT2D eigenvalue weighted by atomic mass is 32.2. The standard InChI is InChI=1S/C26H40N2O5S/c1-5-8-13-27(12-6-2)24(31)22-26-18(4)17-19(34-26)20(25(32)33-16-7-3)21(26)23(30)28(22)14-10-9-11-15-29/h6-7,18-22,29H,2-3,5,8-17H2,1,4H3/t18?,19-,20+,21-,22?,26?/m0/s1. The second kappa shape index (κ2) is 11.8. The van der Waals surface area contributed by atoms with E-state index in [1.165, 1.54) is 6.08 Å². The molecule has 0 aromatic rings. The van der Waals surface area contributed by atoms with Gasteiger partial charge in [0.2, 0.25) is 11.8 Å². The minimum absolute atomic E-state index is 0.0170. The van der Waals surface area contributed by atoms with Crippen LogP contribution in [0.5, 0.6) is 0 Å². The van der Waals surface area contributed by atoms with Crippen molar-refractivity contribution in [3.05, 3.63) is 25.3 Å². The number of hydrogen-bond donors (Lipinski definition) is 1. The monoisotopic (exact) mass is 492 g/mol. The summed E-state index contributed by atoms with van der Waals surface area (Å²) < 4.78 is 4.80. The van der Waals surface area contributed by atoms with E-state index in [4.69, 9.17) is 9.84 Å². The molecule has 3 heterocycles. The number of fused-ring (bicyclic) bond motifs is 1. The van der Waals surface area contributed by atoms with Crippen molar-refractivity contribution in [2.24, 2.45) is 17.8 Å². The third kappa shape index (κ3) is 4.68. The minimum Gasteiger partial charge on any atom is -0.461 e. The first-order valence-electron chi connectivity index (χ1n) is 12.6. The number of nitrogens with zero attached hydrogens (tertiary/aromatic N) is 2. The summed E-state index contributed by atoms with van der Waals surface area (Å²) >= 11 is 1.67. The Morgan fingerprint density at radius 2 is 2.03 bits per heavy atom. The summed E-state index contributed by atoms with van der Waals surface area (Å²) in [5, 5.41) is 9.15. The molecule has 3 saturated heterocycles. The Balaban J connectivity index is 1.98. The van der Waals surface area contributed by atoms with E-state index in [0.29, 0.717) is 32.5 Å². The molecule has 3 rings (SSSR count). The molecule has 6 atom stereocenters. The minimum atomic E-state index is -0.626. The quantitative estimate of drug-likeness (QED) is 0.228.